The van der Waals surface area contributed by atoms with Crippen molar-refractivity contribution >= 4 is 23.2 Å². The third kappa shape index (κ3) is 4.81. The molecule has 1 aromatic carbocycles. The third-order valence-corrected chi connectivity index (χ3v) is 3.37. The van der Waals surface area contributed by atoms with Crippen LogP contribution in [-0.4, -0.2) is 17.5 Å². The summed E-state index contributed by atoms with van der Waals surface area (Å²) in [6.07, 6.45) is 1.54. The number of anilines is 1. The summed E-state index contributed by atoms with van der Waals surface area (Å²) in [6.45, 7) is 7.33. The van der Waals surface area contributed by atoms with E-state index in [1.807, 2.05) is 32.0 Å². The van der Waals surface area contributed by atoms with Crippen LogP contribution in [-0.2, 0) is 4.79 Å². The number of carbonyl (C=O) groups is 2. The predicted molar refractivity (Wildman–Crippen MR) is 93.2 cm³/mol. The average molecular weight is 327 g/mol. The SMILES string of the molecule is CC(CC(=O)Nc1cc(C)cc(C)c1)=NNC(=O)c1ccoc1C. The number of rotatable bonds is 5. The van der Waals surface area contributed by atoms with Gasteiger partial charge in [-0.05, 0) is 57.0 Å². The molecule has 0 radical (unpaired) electrons. The number of amides is 2. The zero-order valence-corrected chi connectivity index (χ0v) is 14.3. The minimum atomic E-state index is -0.365. The number of benzene rings is 1. The van der Waals surface area contributed by atoms with Gasteiger partial charge in [0.25, 0.3) is 5.91 Å². The van der Waals surface area contributed by atoms with Crippen LogP contribution in [0.4, 0.5) is 5.69 Å². The van der Waals surface area contributed by atoms with Crippen LogP contribution in [0.2, 0.25) is 0 Å². The van der Waals surface area contributed by atoms with E-state index in [0.717, 1.165) is 16.8 Å². The lowest BCUT2D eigenvalue weighted by Gasteiger charge is -2.07. The minimum Gasteiger partial charge on any atom is -0.469 e. The average Bonchev–Trinajstić information content (AvgIpc) is 2.89. The Morgan fingerprint density at radius 3 is 2.38 bits per heavy atom. The third-order valence-electron chi connectivity index (χ3n) is 3.37. The van der Waals surface area contributed by atoms with Crippen LogP contribution in [0.25, 0.3) is 0 Å². The standard InChI is InChI=1S/C18H21N3O3/c1-11-7-12(2)9-15(8-11)19-17(22)10-13(3)20-21-18(23)16-5-6-24-14(16)4/h5-9H,10H2,1-4H3,(H,19,22)(H,21,23). The maximum atomic E-state index is 12.1. The molecule has 0 aliphatic carbocycles. The van der Waals surface area contributed by atoms with Gasteiger partial charge in [-0.15, -0.1) is 0 Å². The number of nitrogens with one attached hydrogen (secondary N) is 2. The van der Waals surface area contributed by atoms with Gasteiger partial charge in [0.05, 0.1) is 18.2 Å². The van der Waals surface area contributed by atoms with Gasteiger partial charge in [-0.25, -0.2) is 5.43 Å². The molecule has 0 saturated heterocycles. The molecule has 24 heavy (non-hydrogen) atoms. The van der Waals surface area contributed by atoms with E-state index in [1.54, 1.807) is 19.9 Å². The molecule has 6 heteroatoms. The Balaban J connectivity index is 1.91. The van der Waals surface area contributed by atoms with Crippen LogP contribution < -0.4 is 10.7 Å². The summed E-state index contributed by atoms with van der Waals surface area (Å²) in [6, 6.07) is 7.42. The summed E-state index contributed by atoms with van der Waals surface area (Å²) in [5.41, 5.74) is 6.27. The Kier molecular flexibility index (Phi) is 5.52. The molecule has 6 nitrogen and oxygen atoms in total. The fourth-order valence-electron chi connectivity index (χ4n) is 2.35. The van der Waals surface area contributed by atoms with Gasteiger partial charge < -0.3 is 9.73 Å². The highest BCUT2D eigenvalue weighted by Crippen LogP contribution is 2.14. The van der Waals surface area contributed by atoms with E-state index >= 15 is 0 Å². The maximum Gasteiger partial charge on any atom is 0.274 e. The minimum absolute atomic E-state index is 0.0949. The molecule has 0 unspecified atom stereocenters. The number of hydrogen-bond donors (Lipinski definition) is 2. The van der Waals surface area contributed by atoms with Gasteiger partial charge in [-0.2, -0.15) is 5.10 Å². The van der Waals surface area contributed by atoms with Gasteiger partial charge >= 0.3 is 0 Å². The molecule has 126 valence electrons. The number of hydrazone groups is 1. The summed E-state index contributed by atoms with van der Waals surface area (Å²) in [5, 5.41) is 6.78. The lowest BCUT2D eigenvalue weighted by molar-refractivity contribution is -0.115. The number of nitrogens with zero attached hydrogens (tertiary/aromatic N) is 1. The lowest BCUT2D eigenvalue weighted by Crippen LogP contribution is -2.21. The summed E-state index contributed by atoms with van der Waals surface area (Å²) in [7, 11) is 0. The summed E-state index contributed by atoms with van der Waals surface area (Å²) in [5.74, 6) is -0.0294. The molecule has 0 aliphatic heterocycles. The van der Waals surface area contributed by atoms with Crippen LogP contribution >= 0.6 is 0 Å². The van der Waals surface area contributed by atoms with Crippen LogP contribution in [0.15, 0.2) is 40.0 Å². The van der Waals surface area contributed by atoms with Crippen LogP contribution in [0.3, 0.4) is 0 Å². The first-order valence-electron chi connectivity index (χ1n) is 7.61. The molecule has 2 N–H and O–H groups in total. The summed E-state index contributed by atoms with van der Waals surface area (Å²) < 4.78 is 5.07. The van der Waals surface area contributed by atoms with Gasteiger partial charge in [-0.3, -0.25) is 9.59 Å². The lowest BCUT2D eigenvalue weighted by atomic mass is 10.1. The van der Waals surface area contributed by atoms with Crippen molar-refractivity contribution in [2.75, 3.05) is 5.32 Å². The normalized spacial score (nSPS) is 11.2. The highest BCUT2D eigenvalue weighted by molar-refractivity contribution is 6.06. The van der Waals surface area contributed by atoms with Crippen molar-refractivity contribution in [3.8, 4) is 0 Å². The zero-order chi connectivity index (χ0) is 17.7. The molecule has 0 saturated carbocycles. The van der Waals surface area contributed by atoms with Crippen LogP contribution in [0.1, 0.15) is 40.6 Å². The van der Waals surface area contributed by atoms with E-state index in [-0.39, 0.29) is 18.2 Å². The second-order valence-electron chi connectivity index (χ2n) is 5.78. The highest BCUT2D eigenvalue weighted by Gasteiger charge is 2.11. The van der Waals surface area contributed by atoms with Crippen molar-refractivity contribution in [2.45, 2.75) is 34.1 Å². The maximum absolute atomic E-state index is 12.1. The fraction of sp³-hybridized carbons (Fsp3) is 0.278. The van der Waals surface area contributed by atoms with Gasteiger partial charge in [0.15, 0.2) is 0 Å². The number of hydrogen-bond acceptors (Lipinski definition) is 4. The molecule has 0 atom stereocenters. The Morgan fingerprint density at radius 2 is 1.79 bits per heavy atom. The Bertz CT molecular complexity index is 770. The van der Waals surface area contributed by atoms with E-state index in [9.17, 15) is 9.59 Å². The molecule has 0 bridgehead atoms. The Labute approximate surface area is 140 Å². The molecule has 2 amide bonds. The monoisotopic (exact) mass is 327 g/mol. The van der Waals surface area contributed by atoms with E-state index in [0.29, 0.717) is 17.0 Å². The van der Waals surface area contributed by atoms with E-state index in [4.69, 9.17) is 4.42 Å². The first kappa shape index (κ1) is 17.5. The zero-order valence-electron chi connectivity index (χ0n) is 14.3. The first-order chi connectivity index (χ1) is 11.3. The molecule has 0 aliphatic rings. The quantitative estimate of drug-likeness (QED) is 0.652. The largest absolute Gasteiger partial charge is 0.469 e. The van der Waals surface area contributed by atoms with Crippen molar-refractivity contribution in [2.24, 2.45) is 5.10 Å². The molecule has 0 fully saturated rings. The number of aryl methyl sites for hydroxylation is 3. The number of carbonyl (C=O) groups excluding carboxylic acids is 2. The van der Waals surface area contributed by atoms with Gasteiger partial charge in [0.1, 0.15) is 5.76 Å². The van der Waals surface area contributed by atoms with Crippen molar-refractivity contribution < 1.29 is 14.0 Å². The molecule has 0 spiro atoms. The molecular formula is C18H21N3O3. The molecule has 1 aromatic heterocycles. The van der Waals surface area contributed by atoms with E-state index < -0.39 is 0 Å². The van der Waals surface area contributed by atoms with Crippen molar-refractivity contribution in [1.82, 2.24) is 5.43 Å². The highest BCUT2D eigenvalue weighted by atomic mass is 16.3. The molecule has 2 aromatic rings. The predicted octanol–water partition coefficient (Wildman–Crippen LogP) is 3.34. The van der Waals surface area contributed by atoms with Crippen LogP contribution in [0, 0.1) is 20.8 Å². The topological polar surface area (TPSA) is 83.7 Å². The van der Waals surface area contributed by atoms with Crippen molar-refractivity contribution in [3.63, 3.8) is 0 Å². The number of furan rings is 1. The summed E-state index contributed by atoms with van der Waals surface area (Å²) >= 11 is 0. The Morgan fingerprint density at radius 1 is 1.12 bits per heavy atom. The second kappa shape index (κ2) is 7.59. The second-order valence-corrected chi connectivity index (χ2v) is 5.78. The van der Waals surface area contributed by atoms with Crippen LogP contribution in [0.5, 0.6) is 0 Å². The van der Waals surface area contributed by atoms with Gasteiger partial charge in [0, 0.05) is 11.4 Å². The van der Waals surface area contributed by atoms with Crippen molar-refractivity contribution in [3.05, 3.63) is 53.0 Å². The summed E-state index contributed by atoms with van der Waals surface area (Å²) in [4.78, 5) is 24.0. The molecule has 1 heterocycles. The fourth-order valence-corrected chi connectivity index (χ4v) is 2.35. The first-order valence-corrected chi connectivity index (χ1v) is 7.61. The molecule has 2 rings (SSSR count). The van der Waals surface area contributed by atoms with E-state index in [1.165, 1.54) is 6.26 Å². The van der Waals surface area contributed by atoms with E-state index in [2.05, 4.69) is 15.8 Å². The smallest absolute Gasteiger partial charge is 0.274 e. The van der Waals surface area contributed by atoms with Crippen molar-refractivity contribution in [1.29, 1.82) is 0 Å². The van der Waals surface area contributed by atoms with Gasteiger partial charge in [-0.1, -0.05) is 6.07 Å². The van der Waals surface area contributed by atoms with Gasteiger partial charge in [0.2, 0.25) is 5.91 Å². The molecular weight excluding hydrogens is 306 g/mol. The Hall–Kier alpha value is -2.89.